The number of carboxylic acids is 1. The zero-order valence-corrected chi connectivity index (χ0v) is 18.7. The van der Waals surface area contributed by atoms with Gasteiger partial charge in [-0.05, 0) is 55.0 Å². The Bertz CT molecular complexity index is 933. The quantitative estimate of drug-likeness (QED) is 0.351. The molecule has 0 spiro atoms. The van der Waals surface area contributed by atoms with E-state index in [0.29, 0.717) is 11.5 Å². The van der Waals surface area contributed by atoms with Gasteiger partial charge in [0.25, 0.3) is 0 Å². The summed E-state index contributed by atoms with van der Waals surface area (Å²) in [7, 11) is 1.23. The third-order valence-corrected chi connectivity index (χ3v) is 5.34. The van der Waals surface area contributed by atoms with Crippen LogP contribution in [-0.2, 0) is 25.2 Å². The van der Waals surface area contributed by atoms with Crippen LogP contribution in [0.25, 0.3) is 0 Å². The SMILES string of the molecule is COC(=O)COC(COc1ccc(C(F)(F)F)cc1)CSc1ccc(OCC(=O)O)c(C)c1. The number of carboxylic acid groups (broad SMARTS) is 1. The normalized spacial score (nSPS) is 12.2. The summed E-state index contributed by atoms with van der Waals surface area (Å²) in [5.74, 6) is -0.602. The van der Waals surface area contributed by atoms with Crippen LogP contribution in [0.2, 0.25) is 0 Å². The van der Waals surface area contributed by atoms with Crippen LogP contribution in [0.3, 0.4) is 0 Å². The second-order valence-corrected chi connectivity index (χ2v) is 7.86. The summed E-state index contributed by atoms with van der Waals surface area (Å²) in [6.45, 7) is 1.02. The summed E-state index contributed by atoms with van der Waals surface area (Å²) in [5, 5.41) is 8.72. The van der Waals surface area contributed by atoms with Crippen LogP contribution < -0.4 is 9.47 Å². The highest BCUT2D eigenvalue weighted by molar-refractivity contribution is 7.99. The molecule has 0 amide bonds. The van der Waals surface area contributed by atoms with Crippen LogP contribution in [0.1, 0.15) is 11.1 Å². The molecule has 0 aromatic heterocycles. The molecule has 1 N–H and O–H groups in total. The van der Waals surface area contributed by atoms with E-state index >= 15 is 0 Å². The fraction of sp³-hybridized carbons (Fsp3) is 0.364. The molecule has 1 atom stereocenters. The number of ether oxygens (including phenoxy) is 4. The fourth-order valence-electron chi connectivity index (χ4n) is 2.52. The van der Waals surface area contributed by atoms with Crippen LogP contribution in [0, 0.1) is 6.92 Å². The van der Waals surface area contributed by atoms with Crippen molar-refractivity contribution in [3.8, 4) is 11.5 Å². The smallest absolute Gasteiger partial charge is 0.416 e. The number of carbonyl (C=O) groups is 2. The van der Waals surface area contributed by atoms with Crippen molar-refractivity contribution in [2.45, 2.75) is 24.1 Å². The molecule has 0 heterocycles. The van der Waals surface area contributed by atoms with Crippen molar-refractivity contribution in [3.05, 3.63) is 53.6 Å². The van der Waals surface area contributed by atoms with Gasteiger partial charge < -0.3 is 24.1 Å². The van der Waals surface area contributed by atoms with Gasteiger partial charge in [0.1, 0.15) is 30.8 Å². The maximum Gasteiger partial charge on any atom is 0.416 e. The molecule has 0 aliphatic heterocycles. The highest BCUT2D eigenvalue weighted by Gasteiger charge is 2.30. The molecule has 0 saturated carbocycles. The number of hydrogen-bond donors (Lipinski definition) is 1. The molecule has 0 aliphatic rings. The molecule has 0 radical (unpaired) electrons. The maximum atomic E-state index is 12.7. The molecule has 180 valence electrons. The summed E-state index contributed by atoms with van der Waals surface area (Å²) in [4.78, 5) is 22.9. The first kappa shape index (κ1) is 26.3. The molecule has 7 nitrogen and oxygen atoms in total. The van der Waals surface area contributed by atoms with E-state index in [2.05, 4.69) is 4.74 Å². The van der Waals surface area contributed by atoms with E-state index in [1.165, 1.54) is 31.0 Å². The number of methoxy groups -OCH3 is 1. The fourth-order valence-corrected chi connectivity index (χ4v) is 3.52. The van der Waals surface area contributed by atoms with Crippen molar-refractivity contribution < 1.29 is 46.8 Å². The molecule has 2 aromatic carbocycles. The Kier molecular flexibility index (Phi) is 9.86. The number of benzene rings is 2. The van der Waals surface area contributed by atoms with Crippen molar-refractivity contribution >= 4 is 23.7 Å². The highest BCUT2D eigenvalue weighted by Crippen LogP contribution is 2.30. The molecule has 1 unspecified atom stereocenters. The van der Waals surface area contributed by atoms with Gasteiger partial charge in [-0.3, -0.25) is 0 Å². The number of hydrogen-bond acceptors (Lipinski definition) is 7. The Labute approximate surface area is 192 Å². The van der Waals surface area contributed by atoms with E-state index in [0.717, 1.165) is 22.6 Å². The van der Waals surface area contributed by atoms with Crippen LogP contribution in [0.15, 0.2) is 47.4 Å². The predicted molar refractivity (Wildman–Crippen MR) is 114 cm³/mol. The molecule has 2 rings (SSSR count). The van der Waals surface area contributed by atoms with Crippen LogP contribution in [-0.4, -0.2) is 55.8 Å². The molecule has 11 heteroatoms. The van der Waals surface area contributed by atoms with E-state index in [9.17, 15) is 22.8 Å². The summed E-state index contributed by atoms with van der Waals surface area (Å²) < 4.78 is 58.9. The first-order valence-electron chi connectivity index (χ1n) is 9.65. The Balaban J connectivity index is 1.98. The zero-order valence-electron chi connectivity index (χ0n) is 17.9. The molecule has 0 bridgehead atoms. The number of aryl methyl sites for hydroxylation is 1. The molecule has 33 heavy (non-hydrogen) atoms. The zero-order chi connectivity index (χ0) is 24.4. The number of esters is 1. The topological polar surface area (TPSA) is 91.3 Å². The number of halogens is 3. The van der Waals surface area contributed by atoms with Crippen molar-refractivity contribution in [2.24, 2.45) is 0 Å². The van der Waals surface area contributed by atoms with Gasteiger partial charge in [-0.1, -0.05) is 0 Å². The van der Waals surface area contributed by atoms with Gasteiger partial charge in [0.2, 0.25) is 0 Å². The standard InChI is InChI=1S/C22H23F3O7S/c1-14-9-18(7-8-19(14)32-11-20(26)27)33-13-17(31-12-21(28)29-2)10-30-16-5-3-15(4-6-16)22(23,24)25/h3-9,17H,10-13H2,1-2H3,(H,26,27). The number of thioether (sulfide) groups is 1. The van der Waals surface area contributed by atoms with E-state index in [1.807, 2.05) is 6.07 Å². The maximum absolute atomic E-state index is 12.7. The van der Waals surface area contributed by atoms with Gasteiger partial charge in [0.15, 0.2) is 6.61 Å². The van der Waals surface area contributed by atoms with Gasteiger partial charge in [-0.2, -0.15) is 13.2 Å². The van der Waals surface area contributed by atoms with E-state index in [4.69, 9.17) is 19.3 Å². The van der Waals surface area contributed by atoms with Crippen molar-refractivity contribution in [1.82, 2.24) is 0 Å². The van der Waals surface area contributed by atoms with Crippen LogP contribution in [0.4, 0.5) is 13.2 Å². The molecule has 0 fully saturated rings. The lowest BCUT2D eigenvalue weighted by atomic mass is 10.2. The van der Waals surface area contributed by atoms with Crippen molar-refractivity contribution in [1.29, 1.82) is 0 Å². The first-order valence-corrected chi connectivity index (χ1v) is 10.6. The van der Waals surface area contributed by atoms with Gasteiger partial charge in [0.05, 0.1) is 12.7 Å². The lowest BCUT2D eigenvalue weighted by Gasteiger charge is -2.18. The average Bonchev–Trinajstić information content (AvgIpc) is 2.77. The molecular formula is C22H23F3O7S. The summed E-state index contributed by atoms with van der Waals surface area (Å²) in [5.41, 5.74) is -0.0377. The van der Waals surface area contributed by atoms with E-state index in [-0.39, 0.29) is 19.0 Å². The summed E-state index contributed by atoms with van der Waals surface area (Å²) >= 11 is 1.40. The number of aliphatic carboxylic acids is 1. The number of alkyl halides is 3. The molecular weight excluding hydrogens is 465 g/mol. The minimum atomic E-state index is -4.44. The van der Waals surface area contributed by atoms with Gasteiger partial charge in [-0.25, -0.2) is 9.59 Å². The van der Waals surface area contributed by atoms with Crippen molar-refractivity contribution in [2.75, 3.05) is 32.7 Å². The Morgan fingerprint density at radius 1 is 1.06 bits per heavy atom. The van der Waals surface area contributed by atoms with E-state index < -0.39 is 36.4 Å². The monoisotopic (exact) mass is 488 g/mol. The van der Waals surface area contributed by atoms with E-state index in [1.54, 1.807) is 19.1 Å². The Morgan fingerprint density at radius 2 is 1.76 bits per heavy atom. The molecule has 0 saturated heterocycles. The Hall–Kier alpha value is -2.92. The lowest BCUT2D eigenvalue weighted by Crippen LogP contribution is -2.27. The third-order valence-electron chi connectivity index (χ3n) is 4.22. The second-order valence-electron chi connectivity index (χ2n) is 6.76. The second kappa shape index (κ2) is 12.4. The average molecular weight is 488 g/mol. The summed E-state index contributed by atoms with van der Waals surface area (Å²) in [6, 6.07) is 9.50. The first-order chi connectivity index (χ1) is 15.6. The minimum absolute atomic E-state index is 0.00581. The highest BCUT2D eigenvalue weighted by atomic mass is 32.2. The molecule has 2 aromatic rings. The molecule has 0 aliphatic carbocycles. The van der Waals surface area contributed by atoms with Crippen LogP contribution in [0.5, 0.6) is 11.5 Å². The van der Waals surface area contributed by atoms with Gasteiger partial charge >= 0.3 is 18.1 Å². The van der Waals surface area contributed by atoms with Crippen molar-refractivity contribution in [3.63, 3.8) is 0 Å². The lowest BCUT2D eigenvalue weighted by molar-refractivity contribution is -0.148. The predicted octanol–water partition coefficient (Wildman–Crippen LogP) is 4.21. The third kappa shape index (κ3) is 9.22. The minimum Gasteiger partial charge on any atom is -0.491 e. The number of carbonyl (C=O) groups excluding carboxylic acids is 1. The number of rotatable bonds is 12. The summed E-state index contributed by atoms with van der Waals surface area (Å²) in [6.07, 6.45) is -5.01. The largest absolute Gasteiger partial charge is 0.491 e. The Morgan fingerprint density at radius 3 is 2.33 bits per heavy atom. The van der Waals surface area contributed by atoms with Gasteiger partial charge in [0, 0.05) is 10.6 Å². The van der Waals surface area contributed by atoms with Crippen LogP contribution >= 0.6 is 11.8 Å². The van der Waals surface area contributed by atoms with Gasteiger partial charge in [-0.15, -0.1) is 11.8 Å².